The monoisotopic (exact) mass is 501 g/mol. The molecule has 0 bridgehead atoms. The normalized spacial score (nSPS) is 18.6. The topological polar surface area (TPSA) is 136 Å². The highest BCUT2D eigenvalue weighted by Crippen LogP contribution is 2.41. The van der Waals surface area contributed by atoms with E-state index in [-0.39, 0.29) is 23.3 Å². The van der Waals surface area contributed by atoms with Gasteiger partial charge in [0, 0.05) is 23.6 Å². The van der Waals surface area contributed by atoms with Gasteiger partial charge in [0.25, 0.3) is 0 Å². The van der Waals surface area contributed by atoms with E-state index < -0.39 is 34.3 Å². The Labute approximate surface area is 195 Å². The number of alkyl carbamates (subject to hydrolysis) is 1. The molecule has 4 N–H and O–H groups in total. The standard InChI is InChI=1S/C21H26F3N5O4S/c1-20(2,12-21(22,23)24)29-19(30)33-11-13-7-14(8-13)15-9-26-18(27-10-15)28-16-3-5-17(6-4-16)34(25,31)32/h3-6,9-10,13-14H,7-8,11-12H2,1-2H3,(H,29,30)(H2,25,31,32)(H,26,27,28). The van der Waals surface area contributed by atoms with E-state index in [1.165, 1.54) is 26.0 Å². The fraction of sp³-hybridized carbons (Fsp3) is 0.476. The van der Waals surface area contributed by atoms with Crippen LogP contribution in [0.4, 0.5) is 29.6 Å². The summed E-state index contributed by atoms with van der Waals surface area (Å²) in [7, 11) is -3.76. The van der Waals surface area contributed by atoms with Gasteiger partial charge in [0.05, 0.1) is 17.9 Å². The van der Waals surface area contributed by atoms with E-state index in [4.69, 9.17) is 9.88 Å². The van der Waals surface area contributed by atoms with Crippen molar-refractivity contribution in [1.29, 1.82) is 0 Å². The Balaban J connectivity index is 1.42. The number of nitrogens with two attached hydrogens (primary N) is 1. The molecule has 1 fully saturated rings. The van der Waals surface area contributed by atoms with Crippen LogP contribution < -0.4 is 15.8 Å². The maximum Gasteiger partial charge on any atom is 0.407 e. The van der Waals surface area contributed by atoms with Crippen molar-refractivity contribution in [2.45, 2.75) is 55.6 Å². The Morgan fingerprint density at radius 3 is 2.26 bits per heavy atom. The quantitative estimate of drug-likeness (QED) is 0.500. The summed E-state index contributed by atoms with van der Waals surface area (Å²) >= 11 is 0. The van der Waals surface area contributed by atoms with E-state index in [0.29, 0.717) is 11.6 Å². The lowest BCUT2D eigenvalue weighted by Crippen LogP contribution is -2.47. The smallest absolute Gasteiger partial charge is 0.407 e. The average Bonchev–Trinajstić information content (AvgIpc) is 2.65. The van der Waals surface area contributed by atoms with Crippen molar-refractivity contribution in [3.05, 3.63) is 42.2 Å². The number of primary sulfonamides is 1. The fourth-order valence-electron chi connectivity index (χ4n) is 3.67. The Hall–Kier alpha value is -2.93. The van der Waals surface area contributed by atoms with Gasteiger partial charge in [-0.15, -0.1) is 0 Å². The predicted octanol–water partition coefficient (Wildman–Crippen LogP) is 3.82. The molecule has 9 nitrogen and oxygen atoms in total. The largest absolute Gasteiger partial charge is 0.449 e. The third-order valence-electron chi connectivity index (χ3n) is 5.35. The first kappa shape index (κ1) is 25.7. The van der Waals surface area contributed by atoms with Gasteiger partial charge in [0.1, 0.15) is 0 Å². The second kappa shape index (κ2) is 9.74. The van der Waals surface area contributed by atoms with Gasteiger partial charge in [-0.2, -0.15) is 13.2 Å². The molecule has 1 amide bonds. The molecule has 1 heterocycles. The summed E-state index contributed by atoms with van der Waals surface area (Å²) in [5.41, 5.74) is 0.0641. The maximum atomic E-state index is 12.5. The van der Waals surface area contributed by atoms with E-state index in [1.807, 2.05) is 0 Å². The molecule has 1 aliphatic rings. The Bertz CT molecular complexity index is 1100. The third-order valence-corrected chi connectivity index (χ3v) is 6.28. The molecular formula is C21H26F3N5O4S. The molecule has 1 aromatic carbocycles. The van der Waals surface area contributed by atoms with Crippen LogP contribution in [0.5, 0.6) is 0 Å². The molecule has 34 heavy (non-hydrogen) atoms. The van der Waals surface area contributed by atoms with E-state index in [0.717, 1.165) is 18.4 Å². The summed E-state index contributed by atoms with van der Waals surface area (Å²) in [6.07, 6.45) is -1.55. The lowest BCUT2D eigenvalue weighted by atomic mass is 9.72. The molecule has 1 aromatic heterocycles. The lowest BCUT2D eigenvalue weighted by molar-refractivity contribution is -0.146. The molecule has 0 spiro atoms. The highest BCUT2D eigenvalue weighted by molar-refractivity contribution is 7.89. The zero-order valence-electron chi connectivity index (χ0n) is 18.6. The summed E-state index contributed by atoms with van der Waals surface area (Å²) < 4.78 is 65.3. The molecule has 13 heteroatoms. The SMILES string of the molecule is CC(C)(CC(F)(F)F)NC(=O)OCC1CC(c2cnc(Nc3ccc(S(N)(=O)=O)cc3)nc2)C1. The first-order chi connectivity index (χ1) is 15.7. The van der Waals surface area contributed by atoms with Crippen LogP contribution in [-0.2, 0) is 14.8 Å². The number of amides is 1. The third kappa shape index (κ3) is 7.55. The zero-order valence-corrected chi connectivity index (χ0v) is 19.4. The van der Waals surface area contributed by atoms with Crippen molar-refractivity contribution >= 4 is 27.8 Å². The Morgan fingerprint density at radius 2 is 1.74 bits per heavy atom. The van der Waals surface area contributed by atoms with Crippen LogP contribution >= 0.6 is 0 Å². The van der Waals surface area contributed by atoms with Crippen LogP contribution in [0, 0.1) is 5.92 Å². The summed E-state index contributed by atoms with van der Waals surface area (Å²) in [4.78, 5) is 20.4. The molecule has 3 rings (SSSR count). The van der Waals surface area contributed by atoms with Crippen LogP contribution in [0.25, 0.3) is 0 Å². The summed E-state index contributed by atoms with van der Waals surface area (Å²) in [5.74, 6) is 0.641. The number of rotatable bonds is 8. The number of nitrogens with one attached hydrogen (secondary N) is 2. The van der Waals surface area contributed by atoms with Crippen molar-refractivity contribution in [1.82, 2.24) is 15.3 Å². The number of hydrogen-bond acceptors (Lipinski definition) is 7. The number of ether oxygens (including phenoxy) is 1. The van der Waals surface area contributed by atoms with E-state index >= 15 is 0 Å². The van der Waals surface area contributed by atoms with Gasteiger partial charge in [-0.1, -0.05) is 0 Å². The number of benzene rings is 1. The first-order valence-electron chi connectivity index (χ1n) is 10.4. The molecule has 0 radical (unpaired) electrons. The van der Waals surface area contributed by atoms with Crippen molar-refractivity contribution in [2.24, 2.45) is 11.1 Å². The van der Waals surface area contributed by atoms with Crippen LogP contribution in [0.15, 0.2) is 41.6 Å². The minimum absolute atomic E-state index is 0.000309. The number of hydrogen-bond donors (Lipinski definition) is 3. The number of alkyl halides is 3. The summed E-state index contributed by atoms with van der Waals surface area (Å²) in [6.45, 7) is 2.71. The van der Waals surface area contributed by atoms with E-state index in [1.54, 1.807) is 24.5 Å². The van der Waals surface area contributed by atoms with Gasteiger partial charge in [0.2, 0.25) is 16.0 Å². The van der Waals surface area contributed by atoms with Crippen LogP contribution in [0.2, 0.25) is 0 Å². The van der Waals surface area contributed by atoms with Crippen molar-refractivity contribution < 1.29 is 31.1 Å². The predicted molar refractivity (Wildman–Crippen MR) is 118 cm³/mol. The number of aromatic nitrogens is 2. The van der Waals surface area contributed by atoms with Crippen LogP contribution in [0.3, 0.4) is 0 Å². The molecule has 186 valence electrons. The van der Waals surface area contributed by atoms with Crippen LogP contribution in [0.1, 0.15) is 44.6 Å². The van der Waals surface area contributed by atoms with Gasteiger partial charge in [-0.25, -0.2) is 28.3 Å². The molecule has 1 saturated carbocycles. The number of anilines is 2. The minimum Gasteiger partial charge on any atom is -0.449 e. The maximum absolute atomic E-state index is 12.5. The van der Waals surface area contributed by atoms with Gasteiger partial charge in [-0.3, -0.25) is 0 Å². The second-order valence-corrected chi connectivity index (χ2v) is 10.5. The zero-order chi connectivity index (χ0) is 25.1. The molecular weight excluding hydrogens is 475 g/mol. The van der Waals surface area contributed by atoms with Crippen molar-refractivity contribution in [2.75, 3.05) is 11.9 Å². The Kier molecular flexibility index (Phi) is 7.36. The number of nitrogens with zero attached hydrogens (tertiary/aromatic N) is 2. The lowest BCUT2D eigenvalue weighted by Gasteiger charge is -2.35. The molecule has 0 unspecified atom stereocenters. The van der Waals surface area contributed by atoms with Crippen LogP contribution in [-0.4, -0.2) is 42.8 Å². The molecule has 0 aliphatic heterocycles. The molecule has 1 aliphatic carbocycles. The van der Waals surface area contributed by atoms with Gasteiger partial charge in [0.15, 0.2) is 0 Å². The van der Waals surface area contributed by atoms with E-state index in [2.05, 4.69) is 20.6 Å². The van der Waals surface area contributed by atoms with Crippen molar-refractivity contribution in [3.63, 3.8) is 0 Å². The summed E-state index contributed by atoms with van der Waals surface area (Å²) in [5, 5.41) is 10.3. The number of halogens is 3. The van der Waals surface area contributed by atoms with Gasteiger partial charge < -0.3 is 15.4 Å². The fourth-order valence-corrected chi connectivity index (χ4v) is 4.18. The Morgan fingerprint density at radius 1 is 1.15 bits per heavy atom. The van der Waals surface area contributed by atoms with Crippen molar-refractivity contribution in [3.8, 4) is 0 Å². The number of carbonyl (C=O) groups excluding carboxylic acids is 1. The highest BCUT2D eigenvalue weighted by atomic mass is 32.2. The summed E-state index contributed by atoms with van der Waals surface area (Å²) in [6, 6.07) is 5.85. The van der Waals surface area contributed by atoms with Gasteiger partial charge >= 0.3 is 12.3 Å². The second-order valence-electron chi connectivity index (χ2n) is 8.97. The number of sulfonamides is 1. The molecule has 0 saturated heterocycles. The minimum atomic E-state index is -4.39. The molecule has 0 atom stereocenters. The highest BCUT2D eigenvalue weighted by Gasteiger charge is 2.38. The first-order valence-corrected chi connectivity index (χ1v) is 12.0. The van der Waals surface area contributed by atoms with Gasteiger partial charge in [-0.05, 0) is 68.4 Å². The number of carbonyl (C=O) groups is 1. The van der Waals surface area contributed by atoms with E-state index in [9.17, 15) is 26.4 Å². The molecule has 2 aromatic rings. The average molecular weight is 502 g/mol.